The Morgan fingerprint density at radius 2 is 1.22 bits per heavy atom. The van der Waals surface area contributed by atoms with E-state index in [1.54, 1.807) is 0 Å². The number of hydrogen-bond donors (Lipinski definition) is 1. The topological polar surface area (TPSA) is 54.5 Å². The van der Waals surface area contributed by atoms with Gasteiger partial charge in [0.15, 0.2) is 5.82 Å². The molecule has 1 N–H and O–H groups in total. The van der Waals surface area contributed by atoms with Crippen LogP contribution in [0.25, 0.3) is 0 Å². The molecular formula is C19H38N4. The van der Waals surface area contributed by atoms with Crippen LogP contribution in [0, 0.1) is 0 Å². The second kappa shape index (κ2) is 12.5. The first-order chi connectivity index (χ1) is 11.2. The highest BCUT2D eigenvalue weighted by molar-refractivity contribution is 4.98. The zero-order valence-electron chi connectivity index (χ0n) is 15.7. The van der Waals surface area contributed by atoms with Crippen molar-refractivity contribution in [3.63, 3.8) is 0 Å². The summed E-state index contributed by atoms with van der Waals surface area (Å²) in [6.07, 6.45) is 19.4. The molecule has 0 saturated heterocycles. The molecule has 0 radical (unpaired) electrons. The van der Waals surface area contributed by atoms with Crippen molar-refractivity contribution in [1.82, 2.24) is 20.6 Å². The van der Waals surface area contributed by atoms with Crippen LogP contribution in [-0.2, 0) is 5.41 Å². The second-order valence-electron chi connectivity index (χ2n) is 7.61. The van der Waals surface area contributed by atoms with Gasteiger partial charge in [-0.25, -0.2) is 0 Å². The fourth-order valence-electron chi connectivity index (χ4n) is 3.15. The number of aromatic nitrogens is 4. The summed E-state index contributed by atoms with van der Waals surface area (Å²) >= 11 is 0. The average Bonchev–Trinajstić information content (AvgIpc) is 3.07. The molecule has 0 amide bonds. The molecule has 0 aliphatic heterocycles. The lowest BCUT2D eigenvalue weighted by atomic mass is 9.86. The molecular weight excluding hydrogens is 284 g/mol. The highest BCUT2D eigenvalue weighted by Gasteiger charge is 2.24. The molecule has 0 atom stereocenters. The van der Waals surface area contributed by atoms with Crippen molar-refractivity contribution in [3.8, 4) is 0 Å². The third-order valence-electron chi connectivity index (χ3n) is 4.86. The van der Waals surface area contributed by atoms with Crippen LogP contribution in [0.15, 0.2) is 0 Å². The van der Waals surface area contributed by atoms with Crippen LogP contribution in [0.1, 0.15) is 116 Å². The Hall–Kier alpha value is -0.930. The highest BCUT2D eigenvalue weighted by Crippen LogP contribution is 2.26. The van der Waals surface area contributed by atoms with Crippen LogP contribution in [0.3, 0.4) is 0 Å². The molecule has 0 bridgehead atoms. The van der Waals surface area contributed by atoms with Crippen LogP contribution in [-0.4, -0.2) is 20.6 Å². The van der Waals surface area contributed by atoms with Crippen LogP contribution >= 0.6 is 0 Å². The lowest BCUT2D eigenvalue weighted by Crippen LogP contribution is -2.19. The van der Waals surface area contributed by atoms with E-state index in [1.165, 1.54) is 83.5 Å². The first kappa shape index (κ1) is 20.1. The minimum absolute atomic E-state index is 0.0464. The van der Waals surface area contributed by atoms with Crippen molar-refractivity contribution in [3.05, 3.63) is 5.82 Å². The molecule has 1 rings (SSSR count). The molecule has 0 unspecified atom stereocenters. The van der Waals surface area contributed by atoms with Crippen molar-refractivity contribution in [2.75, 3.05) is 0 Å². The monoisotopic (exact) mass is 322 g/mol. The number of hydrogen-bond acceptors (Lipinski definition) is 3. The summed E-state index contributed by atoms with van der Waals surface area (Å²) < 4.78 is 0. The van der Waals surface area contributed by atoms with Crippen LogP contribution in [0.4, 0.5) is 0 Å². The Bertz CT molecular complexity index is 359. The molecule has 0 aromatic carbocycles. The predicted octanol–water partition coefficient (Wildman–Crippen LogP) is 5.96. The fourth-order valence-corrected chi connectivity index (χ4v) is 3.15. The molecule has 23 heavy (non-hydrogen) atoms. The first-order valence-corrected chi connectivity index (χ1v) is 9.91. The van der Waals surface area contributed by atoms with Gasteiger partial charge in [0.2, 0.25) is 0 Å². The Kier molecular flexibility index (Phi) is 10.9. The van der Waals surface area contributed by atoms with Crippen molar-refractivity contribution >= 4 is 0 Å². The summed E-state index contributed by atoms with van der Waals surface area (Å²) in [6.45, 7) is 6.70. The Labute approximate surface area is 143 Å². The van der Waals surface area contributed by atoms with Gasteiger partial charge in [0.1, 0.15) is 0 Å². The summed E-state index contributed by atoms with van der Waals surface area (Å²) in [5, 5.41) is 14.5. The van der Waals surface area contributed by atoms with Gasteiger partial charge in [0.25, 0.3) is 0 Å². The van der Waals surface area contributed by atoms with E-state index >= 15 is 0 Å². The molecule has 0 saturated carbocycles. The second-order valence-corrected chi connectivity index (χ2v) is 7.61. The van der Waals surface area contributed by atoms with Gasteiger partial charge in [-0.1, -0.05) is 109 Å². The van der Waals surface area contributed by atoms with Crippen molar-refractivity contribution in [2.45, 2.75) is 116 Å². The van der Waals surface area contributed by atoms with Crippen LogP contribution in [0.2, 0.25) is 0 Å². The minimum atomic E-state index is 0.0464. The van der Waals surface area contributed by atoms with E-state index in [4.69, 9.17) is 0 Å². The van der Waals surface area contributed by atoms with E-state index < -0.39 is 0 Å². The molecule has 0 spiro atoms. The number of tetrazole rings is 1. The number of rotatable bonds is 15. The summed E-state index contributed by atoms with van der Waals surface area (Å²) in [7, 11) is 0. The van der Waals surface area contributed by atoms with Crippen LogP contribution < -0.4 is 0 Å². The predicted molar refractivity (Wildman–Crippen MR) is 97.5 cm³/mol. The molecule has 0 fully saturated rings. The van der Waals surface area contributed by atoms with Gasteiger partial charge in [-0.2, -0.15) is 5.21 Å². The standard InChI is InChI=1S/C19H38N4/c1-4-5-6-7-8-9-10-11-12-13-14-15-16-17-19(2,3)18-20-22-23-21-18/h4-17H2,1-3H3,(H,20,21,22,23). The van der Waals surface area contributed by atoms with Crippen molar-refractivity contribution < 1.29 is 0 Å². The van der Waals surface area contributed by atoms with Crippen LogP contribution in [0.5, 0.6) is 0 Å². The maximum Gasteiger partial charge on any atom is 0.180 e. The van der Waals surface area contributed by atoms with Gasteiger partial charge < -0.3 is 0 Å². The summed E-state index contributed by atoms with van der Waals surface area (Å²) in [5.74, 6) is 0.844. The Morgan fingerprint density at radius 3 is 1.65 bits per heavy atom. The summed E-state index contributed by atoms with van der Waals surface area (Å²) in [5.41, 5.74) is 0.0464. The lowest BCUT2D eigenvalue weighted by Gasteiger charge is -2.19. The van der Waals surface area contributed by atoms with Crippen molar-refractivity contribution in [2.24, 2.45) is 0 Å². The molecule has 1 aromatic heterocycles. The smallest absolute Gasteiger partial charge is 0.177 e. The molecule has 4 heteroatoms. The maximum absolute atomic E-state index is 4.12. The molecule has 1 heterocycles. The number of nitrogens with zero attached hydrogens (tertiary/aromatic N) is 3. The first-order valence-electron chi connectivity index (χ1n) is 9.91. The molecule has 1 aromatic rings. The van der Waals surface area contributed by atoms with Gasteiger partial charge >= 0.3 is 0 Å². The molecule has 0 aliphatic rings. The van der Waals surface area contributed by atoms with Gasteiger partial charge in [0, 0.05) is 5.41 Å². The van der Waals surface area contributed by atoms with E-state index in [0.29, 0.717) is 0 Å². The molecule has 4 nitrogen and oxygen atoms in total. The zero-order valence-corrected chi connectivity index (χ0v) is 15.7. The fraction of sp³-hybridized carbons (Fsp3) is 0.947. The third kappa shape index (κ3) is 9.72. The quantitative estimate of drug-likeness (QED) is 0.405. The Balaban J connectivity index is 1.85. The number of aromatic amines is 1. The SMILES string of the molecule is CCCCCCCCCCCCCCCC(C)(C)c1nn[nH]n1. The maximum atomic E-state index is 4.12. The van der Waals surface area contributed by atoms with E-state index in [1.807, 2.05) is 0 Å². The molecule has 134 valence electrons. The normalized spacial score (nSPS) is 12.0. The zero-order chi connectivity index (χ0) is 16.8. The largest absolute Gasteiger partial charge is 0.180 e. The van der Waals surface area contributed by atoms with Crippen molar-refractivity contribution in [1.29, 1.82) is 0 Å². The van der Waals surface area contributed by atoms with Gasteiger partial charge in [-0.3, -0.25) is 0 Å². The van der Waals surface area contributed by atoms with Gasteiger partial charge in [-0.15, -0.1) is 10.2 Å². The van der Waals surface area contributed by atoms with E-state index in [9.17, 15) is 0 Å². The Morgan fingerprint density at radius 1 is 0.739 bits per heavy atom. The number of H-pyrrole nitrogens is 1. The van der Waals surface area contributed by atoms with E-state index in [0.717, 1.165) is 12.2 Å². The van der Waals surface area contributed by atoms with E-state index in [-0.39, 0.29) is 5.41 Å². The third-order valence-corrected chi connectivity index (χ3v) is 4.86. The molecule has 0 aliphatic carbocycles. The number of unbranched alkanes of at least 4 members (excludes halogenated alkanes) is 12. The van der Waals surface area contributed by atoms with Gasteiger partial charge in [-0.05, 0) is 6.42 Å². The van der Waals surface area contributed by atoms with E-state index in [2.05, 4.69) is 41.4 Å². The minimum Gasteiger partial charge on any atom is -0.177 e. The summed E-state index contributed by atoms with van der Waals surface area (Å²) in [6, 6.07) is 0. The lowest BCUT2D eigenvalue weighted by molar-refractivity contribution is 0.419. The number of nitrogens with one attached hydrogen (secondary N) is 1. The van der Waals surface area contributed by atoms with Gasteiger partial charge in [0.05, 0.1) is 0 Å². The average molecular weight is 323 g/mol. The highest BCUT2D eigenvalue weighted by atomic mass is 15.5. The summed E-state index contributed by atoms with van der Waals surface area (Å²) in [4.78, 5) is 0.